The van der Waals surface area contributed by atoms with Crippen LogP contribution in [0.3, 0.4) is 0 Å². The molecule has 0 aliphatic heterocycles. The topological polar surface area (TPSA) is 34.1 Å². The van der Waals surface area contributed by atoms with Gasteiger partial charge in [0.15, 0.2) is 11.6 Å². The van der Waals surface area contributed by atoms with E-state index >= 15 is 0 Å². The second-order valence-corrected chi connectivity index (χ2v) is 5.34. The molecule has 0 radical (unpaired) electrons. The summed E-state index contributed by atoms with van der Waals surface area (Å²) in [7, 11) is 0. The van der Waals surface area contributed by atoms with Crippen molar-refractivity contribution in [2.24, 2.45) is 0 Å². The number of carbonyl (C=O) groups excluding carboxylic acids is 2. The molecule has 22 heavy (non-hydrogen) atoms. The van der Waals surface area contributed by atoms with E-state index in [1.165, 1.54) is 12.2 Å². The molecule has 108 valence electrons. The first-order chi connectivity index (χ1) is 10.7. The Morgan fingerprint density at radius 1 is 0.545 bits per heavy atom. The summed E-state index contributed by atoms with van der Waals surface area (Å²) < 4.78 is 0. The summed E-state index contributed by atoms with van der Waals surface area (Å²) in [4.78, 5) is 24.5. The summed E-state index contributed by atoms with van der Waals surface area (Å²) in [5, 5.41) is 0. The molecule has 0 amide bonds. The highest BCUT2D eigenvalue weighted by molar-refractivity contribution is 6.20. The largest absolute Gasteiger partial charge is 0.290 e. The highest BCUT2D eigenvalue weighted by Crippen LogP contribution is 2.22. The van der Waals surface area contributed by atoms with Crippen LogP contribution in [0, 0.1) is 0 Å². The van der Waals surface area contributed by atoms with E-state index in [0.29, 0.717) is 24.0 Å². The van der Waals surface area contributed by atoms with Gasteiger partial charge in [0.2, 0.25) is 0 Å². The predicted octanol–water partition coefficient (Wildman–Crippen LogP) is 3.48. The number of benzene rings is 2. The molecular weight excluding hydrogens is 272 g/mol. The molecule has 0 fully saturated rings. The number of allylic oxidation sites excluding steroid dienone is 4. The molecule has 0 atom stereocenters. The number of hydrogen-bond donors (Lipinski definition) is 0. The van der Waals surface area contributed by atoms with Crippen molar-refractivity contribution in [3.63, 3.8) is 0 Å². The van der Waals surface area contributed by atoms with E-state index in [0.717, 1.165) is 11.1 Å². The van der Waals surface area contributed by atoms with Gasteiger partial charge in [-0.05, 0) is 23.3 Å². The van der Waals surface area contributed by atoms with Gasteiger partial charge in [-0.15, -0.1) is 0 Å². The van der Waals surface area contributed by atoms with Gasteiger partial charge in [0.1, 0.15) is 0 Å². The van der Waals surface area contributed by atoms with Crippen molar-refractivity contribution in [1.82, 2.24) is 0 Å². The Kier molecular flexibility index (Phi) is 4.10. The number of carbonyl (C=O) groups is 2. The minimum Gasteiger partial charge on any atom is -0.290 e. The Hall–Kier alpha value is -2.74. The Bertz CT molecular complexity index is 687. The smallest absolute Gasteiger partial charge is 0.182 e. The van der Waals surface area contributed by atoms with E-state index in [-0.39, 0.29) is 11.6 Å². The predicted molar refractivity (Wildman–Crippen MR) is 86.5 cm³/mol. The van der Waals surface area contributed by atoms with Crippen molar-refractivity contribution in [2.45, 2.75) is 12.8 Å². The molecule has 2 nitrogen and oxygen atoms in total. The molecule has 0 saturated carbocycles. The molecule has 1 aliphatic rings. The van der Waals surface area contributed by atoms with Crippen LogP contribution >= 0.6 is 0 Å². The zero-order valence-corrected chi connectivity index (χ0v) is 12.2. The SMILES string of the molecule is O=C1C=CC(=O)C(Cc2ccccc2)=C1Cc1ccccc1. The molecule has 2 aromatic rings. The summed E-state index contributed by atoms with van der Waals surface area (Å²) in [6, 6.07) is 19.6. The minimum absolute atomic E-state index is 0.0608. The van der Waals surface area contributed by atoms with Gasteiger partial charge in [-0.3, -0.25) is 9.59 Å². The van der Waals surface area contributed by atoms with Crippen LogP contribution in [-0.2, 0) is 22.4 Å². The van der Waals surface area contributed by atoms with Crippen LogP contribution in [0.5, 0.6) is 0 Å². The van der Waals surface area contributed by atoms with Crippen LogP contribution in [0.4, 0.5) is 0 Å². The van der Waals surface area contributed by atoms with Gasteiger partial charge in [-0.2, -0.15) is 0 Å². The first kappa shape index (κ1) is 14.2. The van der Waals surface area contributed by atoms with Crippen LogP contribution < -0.4 is 0 Å². The molecule has 0 heterocycles. The van der Waals surface area contributed by atoms with E-state index in [1.54, 1.807) is 0 Å². The van der Waals surface area contributed by atoms with Crippen molar-refractivity contribution in [3.8, 4) is 0 Å². The van der Waals surface area contributed by atoms with E-state index < -0.39 is 0 Å². The average Bonchev–Trinajstić information content (AvgIpc) is 2.56. The lowest BCUT2D eigenvalue weighted by atomic mass is 9.87. The summed E-state index contributed by atoms with van der Waals surface area (Å²) in [6.07, 6.45) is 3.76. The molecule has 0 saturated heterocycles. The lowest BCUT2D eigenvalue weighted by Crippen LogP contribution is -2.18. The Labute approximate surface area is 129 Å². The third kappa shape index (κ3) is 3.12. The van der Waals surface area contributed by atoms with Crippen molar-refractivity contribution < 1.29 is 9.59 Å². The molecular formula is C20H16O2. The monoisotopic (exact) mass is 288 g/mol. The van der Waals surface area contributed by atoms with Gasteiger partial charge in [-0.1, -0.05) is 60.7 Å². The van der Waals surface area contributed by atoms with Crippen LogP contribution in [0.1, 0.15) is 11.1 Å². The summed E-state index contributed by atoms with van der Waals surface area (Å²) in [6.45, 7) is 0. The quantitative estimate of drug-likeness (QED) is 0.807. The standard InChI is InChI=1S/C20H16O2/c21-19-11-12-20(22)18(14-16-9-5-2-6-10-16)17(19)13-15-7-3-1-4-8-15/h1-12H,13-14H2. The first-order valence-electron chi connectivity index (χ1n) is 7.30. The fourth-order valence-corrected chi connectivity index (χ4v) is 2.64. The highest BCUT2D eigenvalue weighted by Gasteiger charge is 2.22. The summed E-state index contributed by atoms with van der Waals surface area (Å²) >= 11 is 0. The van der Waals surface area contributed by atoms with Crippen molar-refractivity contribution in [1.29, 1.82) is 0 Å². The van der Waals surface area contributed by atoms with Crippen molar-refractivity contribution >= 4 is 11.6 Å². The van der Waals surface area contributed by atoms with E-state index in [1.807, 2.05) is 60.7 Å². The fraction of sp³-hybridized carbons (Fsp3) is 0.100. The normalized spacial score (nSPS) is 14.5. The van der Waals surface area contributed by atoms with Crippen LogP contribution in [0.25, 0.3) is 0 Å². The molecule has 2 heteroatoms. The van der Waals surface area contributed by atoms with E-state index in [4.69, 9.17) is 0 Å². The van der Waals surface area contributed by atoms with E-state index in [2.05, 4.69) is 0 Å². The Balaban J connectivity index is 1.96. The lowest BCUT2D eigenvalue weighted by molar-refractivity contribution is -0.115. The van der Waals surface area contributed by atoms with Gasteiger partial charge < -0.3 is 0 Å². The zero-order valence-electron chi connectivity index (χ0n) is 12.2. The van der Waals surface area contributed by atoms with Gasteiger partial charge in [-0.25, -0.2) is 0 Å². The lowest BCUT2D eigenvalue weighted by Gasteiger charge is -2.15. The van der Waals surface area contributed by atoms with E-state index in [9.17, 15) is 9.59 Å². The second-order valence-electron chi connectivity index (χ2n) is 5.34. The molecule has 0 bridgehead atoms. The molecule has 0 unspecified atom stereocenters. The fourth-order valence-electron chi connectivity index (χ4n) is 2.64. The van der Waals surface area contributed by atoms with Gasteiger partial charge in [0.25, 0.3) is 0 Å². The number of hydrogen-bond acceptors (Lipinski definition) is 2. The summed E-state index contributed by atoms with van der Waals surface area (Å²) in [5.74, 6) is -0.122. The molecule has 0 N–H and O–H groups in total. The number of ketones is 2. The third-order valence-corrected chi connectivity index (χ3v) is 3.79. The van der Waals surface area contributed by atoms with Crippen molar-refractivity contribution in [3.05, 3.63) is 95.1 Å². The van der Waals surface area contributed by atoms with Crippen LogP contribution in [0.15, 0.2) is 84.0 Å². The third-order valence-electron chi connectivity index (χ3n) is 3.79. The highest BCUT2D eigenvalue weighted by atomic mass is 16.1. The zero-order chi connectivity index (χ0) is 15.4. The maximum Gasteiger partial charge on any atom is 0.182 e. The minimum atomic E-state index is -0.0608. The Morgan fingerprint density at radius 2 is 0.909 bits per heavy atom. The molecule has 0 aromatic heterocycles. The van der Waals surface area contributed by atoms with Gasteiger partial charge in [0.05, 0.1) is 0 Å². The van der Waals surface area contributed by atoms with Gasteiger partial charge in [0, 0.05) is 24.0 Å². The maximum absolute atomic E-state index is 12.2. The molecule has 1 aliphatic carbocycles. The molecule has 2 aromatic carbocycles. The maximum atomic E-state index is 12.2. The average molecular weight is 288 g/mol. The van der Waals surface area contributed by atoms with Crippen LogP contribution in [-0.4, -0.2) is 11.6 Å². The second kappa shape index (κ2) is 6.35. The summed E-state index contributed by atoms with van der Waals surface area (Å²) in [5.41, 5.74) is 3.31. The van der Waals surface area contributed by atoms with Crippen LogP contribution in [0.2, 0.25) is 0 Å². The first-order valence-corrected chi connectivity index (χ1v) is 7.30. The molecule has 0 spiro atoms. The molecule has 3 rings (SSSR count). The van der Waals surface area contributed by atoms with Crippen molar-refractivity contribution in [2.75, 3.05) is 0 Å². The van der Waals surface area contributed by atoms with Gasteiger partial charge >= 0.3 is 0 Å². The number of rotatable bonds is 4. The Morgan fingerprint density at radius 3 is 1.27 bits per heavy atom.